The molecule has 2 N–H and O–H groups in total. The van der Waals surface area contributed by atoms with E-state index in [9.17, 15) is 31.1 Å². The van der Waals surface area contributed by atoms with Crippen LogP contribution >= 0.6 is 0 Å². The van der Waals surface area contributed by atoms with Crippen molar-refractivity contribution >= 4 is 23.4 Å². The average molecular weight is 435 g/mol. The van der Waals surface area contributed by atoms with Gasteiger partial charge in [-0.15, -0.1) is 13.2 Å². The Labute approximate surface area is 166 Å². The molecule has 1 aliphatic heterocycles. The molecule has 0 radical (unpaired) electrons. The van der Waals surface area contributed by atoms with Crippen LogP contribution in [0.4, 0.5) is 43.8 Å². The summed E-state index contributed by atoms with van der Waals surface area (Å²) in [5.74, 6) is -2.13. The minimum Gasteiger partial charge on any atom is -0.404 e. The highest BCUT2D eigenvalue weighted by Gasteiger charge is 2.36. The van der Waals surface area contributed by atoms with Crippen LogP contribution in [0.25, 0.3) is 0 Å². The third kappa shape index (κ3) is 5.02. The lowest BCUT2D eigenvalue weighted by Gasteiger charge is -2.19. The Morgan fingerprint density at radius 1 is 1.17 bits per heavy atom. The van der Waals surface area contributed by atoms with Crippen LogP contribution in [0.3, 0.4) is 0 Å². The van der Waals surface area contributed by atoms with Crippen LogP contribution < -0.4 is 15.4 Å². The summed E-state index contributed by atoms with van der Waals surface area (Å²) < 4.78 is 81.7. The molecule has 1 amide bonds. The first-order valence-electron chi connectivity index (χ1n) is 8.54. The molecule has 1 aromatic carbocycles. The molecule has 0 saturated carbocycles. The number of nitrogens with one attached hydrogen (secondary N) is 2. The van der Waals surface area contributed by atoms with Crippen molar-refractivity contribution in [3.63, 3.8) is 0 Å². The van der Waals surface area contributed by atoms with Crippen LogP contribution in [0.15, 0.2) is 24.4 Å². The van der Waals surface area contributed by atoms with Crippen molar-refractivity contribution in [3.05, 3.63) is 35.5 Å². The Hall–Kier alpha value is -3.25. The number of aromatic nitrogens is 2. The van der Waals surface area contributed by atoms with Gasteiger partial charge in [-0.2, -0.15) is 18.2 Å². The molecule has 13 heteroatoms. The number of fused-ring (bicyclic) bond motifs is 4. The van der Waals surface area contributed by atoms with Gasteiger partial charge in [-0.05, 0) is 24.6 Å². The number of carbonyl (C=O) groups is 1. The Bertz CT molecular complexity index is 947. The van der Waals surface area contributed by atoms with Gasteiger partial charge in [-0.1, -0.05) is 0 Å². The smallest absolute Gasteiger partial charge is 0.404 e. The molecule has 1 aliphatic rings. The van der Waals surface area contributed by atoms with Gasteiger partial charge in [0.1, 0.15) is 11.4 Å². The standard InChI is InChI=1S/C17H15F6N5O2/c1-28-6-2-5-24-13-10(16(18,19)20)8-25-15(27-13)26-11-7-9(14(28)29)3-4-12(11)30-17(21,22)23/h3-4,7-8H,2,5-6H2,1H3,(H2,24,25,26,27). The number of rotatable bonds is 1. The first kappa shape index (κ1) is 21.5. The minimum absolute atomic E-state index is 0.0499. The average Bonchev–Trinajstić information content (AvgIpc) is 2.63. The van der Waals surface area contributed by atoms with E-state index in [0.29, 0.717) is 12.6 Å². The molecule has 0 fully saturated rings. The number of hydrogen-bond donors (Lipinski definition) is 2. The third-order valence-corrected chi connectivity index (χ3v) is 4.10. The Morgan fingerprint density at radius 2 is 1.90 bits per heavy atom. The molecule has 0 saturated heterocycles. The highest BCUT2D eigenvalue weighted by atomic mass is 19.4. The van der Waals surface area contributed by atoms with Crippen molar-refractivity contribution in [1.82, 2.24) is 14.9 Å². The first-order chi connectivity index (χ1) is 13.9. The van der Waals surface area contributed by atoms with E-state index in [1.165, 1.54) is 11.9 Å². The second-order valence-corrected chi connectivity index (χ2v) is 6.34. The number of ether oxygens (including phenoxy) is 1. The van der Waals surface area contributed by atoms with E-state index < -0.39 is 41.5 Å². The van der Waals surface area contributed by atoms with Gasteiger partial charge >= 0.3 is 12.5 Å². The molecule has 2 heterocycles. The molecule has 0 aliphatic carbocycles. The zero-order valence-corrected chi connectivity index (χ0v) is 15.4. The van der Waals surface area contributed by atoms with E-state index in [4.69, 9.17) is 0 Å². The van der Waals surface area contributed by atoms with Gasteiger partial charge in [-0.3, -0.25) is 4.79 Å². The van der Waals surface area contributed by atoms with Crippen LogP contribution in [-0.4, -0.2) is 47.3 Å². The number of halogens is 6. The van der Waals surface area contributed by atoms with Gasteiger partial charge in [0, 0.05) is 31.9 Å². The summed E-state index contributed by atoms with van der Waals surface area (Å²) in [4.78, 5) is 21.1. The maximum Gasteiger partial charge on any atom is 0.573 e. The molecular weight excluding hydrogens is 420 g/mol. The number of anilines is 3. The first-order valence-corrected chi connectivity index (χ1v) is 8.54. The highest BCUT2D eigenvalue weighted by Crippen LogP contribution is 2.36. The third-order valence-electron chi connectivity index (χ3n) is 4.10. The lowest BCUT2D eigenvalue weighted by molar-refractivity contribution is -0.274. The molecule has 4 bridgehead atoms. The maximum absolute atomic E-state index is 13.2. The summed E-state index contributed by atoms with van der Waals surface area (Å²) in [5.41, 5.74) is -1.42. The molecule has 162 valence electrons. The van der Waals surface area contributed by atoms with E-state index in [0.717, 1.165) is 18.2 Å². The number of amides is 1. The summed E-state index contributed by atoms with van der Waals surface area (Å²) >= 11 is 0. The van der Waals surface area contributed by atoms with Crippen molar-refractivity contribution in [1.29, 1.82) is 0 Å². The Morgan fingerprint density at radius 3 is 2.57 bits per heavy atom. The number of alkyl halides is 6. The van der Waals surface area contributed by atoms with Crippen molar-refractivity contribution in [2.75, 3.05) is 30.8 Å². The van der Waals surface area contributed by atoms with Gasteiger partial charge in [0.2, 0.25) is 5.95 Å². The summed E-state index contributed by atoms with van der Waals surface area (Å²) in [6.45, 7) is 0.256. The monoisotopic (exact) mass is 435 g/mol. The summed E-state index contributed by atoms with van der Waals surface area (Å²) in [5, 5.41) is 4.94. The van der Waals surface area contributed by atoms with E-state index >= 15 is 0 Å². The zero-order chi connectivity index (χ0) is 22.1. The molecule has 0 spiro atoms. The van der Waals surface area contributed by atoms with Crippen LogP contribution in [0.5, 0.6) is 5.75 Å². The maximum atomic E-state index is 13.2. The molecule has 7 nitrogen and oxygen atoms in total. The lowest BCUT2D eigenvalue weighted by atomic mass is 10.1. The fourth-order valence-electron chi connectivity index (χ4n) is 2.72. The van der Waals surface area contributed by atoms with E-state index in [2.05, 4.69) is 25.3 Å². The summed E-state index contributed by atoms with van der Waals surface area (Å²) in [6, 6.07) is 3.17. The number of hydrogen-bond acceptors (Lipinski definition) is 6. The predicted octanol–water partition coefficient (Wildman–Crippen LogP) is 4.03. The van der Waals surface area contributed by atoms with Crippen molar-refractivity contribution in [2.24, 2.45) is 0 Å². The quantitative estimate of drug-likeness (QED) is 0.659. The van der Waals surface area contributed by atoms with Gasteiger partial charge in [0.25, 0.3) is 5.91 Å². The second kappa shape index (κ2) is 7.88. The summed E-state index contributed by atoms with van der Waals surface area (Å²) in [7, 11) is 1.47. The molecule has 0 atom stereocenters. The van der Waals surface area contributed by atoms with Crippen LogP contribution in [0, 0.1) is 0 Å². The van der Waals surface area contributed by atoms with Crippen LogP contribution in [0.1, 0.15) is 22.3 Å². The fraction of sp³-hybridized carbons (Fsp3) is 0.353. The number of nitrogens with zero attached hydrogens (tertiary/aromatic N) is 3. The molecule has 2 aromatic rings. The second-order valence-electron chi connectivity index (χ2n) is 6.34. The molecule has 30 heavy (non-hydrogen) atoms. The van der Waals surface area contributed by atoms with Gasteiger partial charge < -0.3 is 20.3 Å². The number of benzene rings is 1. The van der Waals surface area contributed by atoms with Crippen molar-refractivity contribution in [2.45, 2.75) is 19.0 Å². The minimum atomic E-state index is -5.03. The molecule has 1 aromatic heterocycles. The van der Waals surface area contributed by atoms with Gasteiger partial charge in [0.05, 0.1) is 5.69 Å². The number of carbonyl (C=O) groups excluding carboxylic acids is 1. The lowest BCUT2D eigenvalue weighted by Crippen LogP contribution is -2.29. The van der Waals surface area contributed by atoms with Crippen LogP contribution in [-0.2, 0) is 6.18 Å². The fourth-order valence-corrected chi connectivity index (χ4v) is 2.72. The Balaban J connectivity index is 2.10. The highest BCUT2D eigenvalue weighted by molar-refractivity contribution is 5.95. The molecule has 0 unspecified atom stereocenters. The molecular formula is C17H15F6N5O2. The van der Waals surface area contributed by atoms with E-state index in [-0.39, 0.29) is 24.3 Å². The Kier molecular flexibility index (Phi) is 5.63. The summed E-state index contributed by atoms with van der Waals surface area (Å²) in [6.07, 6.45) is -8.96. The predicted molar refractivity (Wildman–Crippen MR) is 93.5 cm³/mol. The largest absolute Gasteiger partial charge is 0.573 e. The van der Waals surface area contributed by atoms with Crippen LogP contribution in [0.2, 0.25) is 0 Å². The van der Waals surface area contributed by atoms with E-state index in [1.807, 2.05) is 0 Å². The normalized spacial score (nSPS) is 15.3. The molecule has 3 rings (SSSR count). The van der Waals surface area contributed by atoms with Gasteiger partial charge in [0.15, 0.2) is 5.75 Å². The van der Waals surface area contributed by atoms with Gasteiger partial charge in [-0.25, -0.2) is 4.98 Å². The van der Waals surface area contributed by atoms with Crippen molar-refractivity contribution < 1.29 is 35.9 Å². The van der Waals surface area contributed by atoms with Crippen molar-refractivity contribution in [3.8, 4) is 5.75 Å². The van der Waals surface area contributed by atoms with E-state index in [1.54, 1.807) is 0 Å². The SMILES string of the molecule is CN1CCCNc2nc(ncc2C(F)(F)F)Nc2cc(ccc2OC(F)(F)F)C1=O. The topological polar surface area (TPSA) is 79.4 Å². The zero-order valence-electron chi connectivity index (χ0n) is 15.4.